The predicted molar refractivity (Wildman–Crippen MR) is 95.7 cm³/mol. The molecule has 1 amide bonds. The maximum absolute atomic E-state index is 12.5. The molecular formula is C17H25N3O3S. The van der Waals surface area contributed by atoms with Crippen molar-refractivity contribution in [2.24, 2.45) is 5.92 Å². The van der Waals surface area contributed by atoms with Crippen LogP contribution in [0.3, 0.4) is 0 Å². The van der Waals surface area contributed by atoms with Gasteiger partial charge in [0.1, 0.15) is 0 Å². The zero-order chi connectivity index (χ0) is 17.3. The SMILES string of the molecule is Cc1ccc(NC(=O)[C@H]2CCN[C@@H](C)C2)cc1N1CCCS1(=O)=O. The lowest BCUT2D eigenvalue weighted by Crippen LogP contribution is -2.40. The van der Waals surface area contributed by atoms with Crippen molar-refractivity contribution in [2.45, 2.75) is 39.2 Å². The van der Waals surface area contributed by atoms with Gasteiger partial charge in [-0.25, -0.2) is 8.42 Å². The Labute approximate surface area is 143 Å². The van der Waals surface area contributed by atoms with E-state index in [0.29, 0.717) is 30.4 Å². The van der Waals surface area contributed by atoms with Crippen molar-refractivity contribution in [1.29, 1.82) is 0 Å². The number of rotatable bonds is 3. The van der Waals surface area contributed by atoms with E-state index in [0.717, 1.165) is 24.9 Å². The van der Waals surface area contributed by atoms with Crippen LogP contribution in [0.1, 0.15) is 31.7 Å². The fourth-order valence-electron chi connectivity index (χ4n) is 3.48. The number of amides is 1. The van der Waals surface area contributed by atoms with Gasteiger partial charge in [0.15, 0.2) is 0 Å². The van der Waals surface area contributed by atoms with E-state index >= 15 is 0 Å². The average molecular weight is 351 g/mol. The van der Waals surface area contributed by atoms with Crippen LogP contribution in [0.5, 0.6) is 0 Å². The summed E-state index contributed by atoms with van der Waals surface area (Å²) in [6.07, 6.45) is 2.30. The molecule has 3 rings (SSSR count). The minimum absolute atomic E-state index is 0.00141. The van der Waals surface area contributed by atoms with Gasteiger partial charge in [-0.2, -0.15) is 0 Å². The summed E-state index contributed by atoms with van der Waals surface area (Å²) in [5.74, 6) is 0.208. The zero-order valence-electron chi connectivity index (χ0n) is 14.2. The van der Waals surface area contributed by atoms with Gasteiger partial charge in [-0.3, -0.25) is 9.10 Å². The number of sulfonamides is 1. The monoisotopic (exact) mass is 351 g/mol. The summed E-state index contributed by atoms with van der Waals surface area (Å²) in [5, 5.41) is 6.30. The van der Waals surface area contributed by atoms with Gasteiger partial charge < -0.3 is 10.6 Å². The minimum Gasteiger partial charge on any atom is -0.326 e. The van der Waals surface area contributed by atoms with Crippen LogP contribution in [0.2, 0.25) is 0 Å². The molecule has 0 saturated carbocycles. The van der Waals surface area contributed by atoms with Gasteiger partial charge >= 0.3 is 0 Å². The van der Waals surface area contributed by atoms with Gasteiger partial charge in [-0.1, -0.05) is 6.07 Å². The number of hydrogen-bond acceptors (Lipinski definition) is 4. The number of carbonyl (C=O) groups excluding carboxylic acids is 1. The molecule has 2 aliphatic heterocycles. The van der Waals surface area contributed by atoms with E-state index in [1.165, 1.54) is 4.31 Å². The fraction of sp³-hybridized carbons (Fsp3) is 0.588. The van der Waals surface area contributed by atoms with E-state index in [2.05, 4.69) is 17.6 Å². The molecule has 2 saturated heterocycles. The number of hydrogen-bond donors (Lipinski definition) is 2. The molecule has 2 fully saturated rings. The van der Waals surface area contributed by atoms with Crippen molar-refractivity contribution >= 4 is 27.3 Å². The van der Waals surface area contributed by atoms with Crippen LogP contribution in [-0.2, 0) is 14.8 Å². The maximum atomic E-state index is 12.5. The molecule has 7 heteroatoms. The minimum atomic E-state index is -3.22. The van der Waals surface area contributed by atoms with Gasteiger partial charge in [0.2, 0.25) is 15.9 Å². The second kappa shape index (κ2) is 6.72. The Morgan fingerprint density at radius 1 is 1.38 bits per heavy atom. The number of benzene rings is 1. The first-order valence-corrected chi connectivity index (χ1v) is 10.1. The van der Waals surface area contributed by atoms with Crippen molar-refractivity contribution in [3.8, 4) is 0 Å². The highest BCUT2D eigenvalue weighted by molar-refractivity contribution is 7.93. The van der Waals surface area contributed by atoms with Crippen LogP contribution < -0.4 is 14.9 Å². The van der Waals surface area contributed by atoms with Gasteiger partial charge in [0, 0.05) is 24.2 Å². The first-order valence-electron chi connectivity index (χ1n) is 8.52. The third kappa shape index (κ3) is 3.57. The lowest BCUT2D eigenvalue weighted by molar-refractivity contribution is -0.120. The Morgan fingerprint density at radius 3 is 2.83 bits per heavy atom. The Hall–Kier alpha value is -1.60. The number of aryl methyl sites for hydroxylation is 1. The van der Waals surface area contributed by atoms with Crippen LogP contribution in [-0.4, -0.2) is 39.2 Å². The molecule has 6 nitrogen and oxygen atoms in total. The molecule has 2 aliphatic rings. The zero-order valence-corrected chi connectivity index (χ0v) is 15.0. The van der Waals surface area contributed by atoms with Crippen LogP contribution in [0, 0.1) is 12.8 Å². The highest BCUT2D eigenvalue weighted by atomic mass is 32.2. The third-order valence-corrected chi connectivity index (χ3v) is 6.69. The molecule has 132 valence electrons. The molecule has 0 aromatic heterocycles. The Balaban J connectivity index is 1.77. The molecule has 0 bridgehead atoms. The molecular weight excluding hydrogens is 326 g/mol. The molecule has 0 spiro atoms. The van der Waals surface area contributed by atoms with Crippen molar-refractivity contribution in [1.82, 2.24) is 5.32 Å². The molecule has 2 atom stereocenters. The lowest BCUT2D eigenvalue weighted by Gasteiger charge is -2.27. The summed E-state index contributed by atoms with van der Waals surface area (Å²) in [5.41, 5.74) is 2.23. The smallest absolute Gasteiger partial charge is 0.235 e. The quantitative estimate of drug-likeness (QED) is 0.871. The van der Waals surface area contributed by atoms with E-state index < -0.39 is 10.0 Å². The molecule has 0 radical (unpaired) electrons. The van der Waals surface area contributed by atoms with E-state index in [-0.39, 0.29) is 17.6 Å². The van der Waals surface area contributed by atoms with Crippen LogP contribution in [0.4, 0.5) is 11.4 Å². The number of carbonyl (C=O) groups is 1. The van der Waals surface area contributed by atoms with Gasteiger partial charge in [0.05, 0.1) is 11.4 Å². The first kappa shape index (κ1) is 17.2. The summed E-state index contributed by atoms with van der Waals surface area (Å²) in [4.78, 5) is 12.5. The standard InChI is InChI=1S/C17H25N3O3S/c1-12-4-5-15(11-16(12)20-8-3-9-24(20,22)23)19-17(21)14-6-7-18-13(2)10-14/h4-5,11,13-14,18H,3,6-10H2,1-2H3,(H,19,21)/t13-,14-/m0/s1. The summed E-state index contributed by atoms with van der Waals surface area (Å²) >= 11 is 0. The van der Waals surface area contributed by atoms with Crippen molar-refractivity contribution in [2.75, 3.05) is 28.5 Å². The lowest BCUT2D eigenvalue weighted by atomic mass is 9.92. The molecule has 0 aliphatic carbocycles. The summed E-state index contributed by atoms with van der Waals surface area (Å²) in [7, 11) is -3.22. The van der Waals surface area contributed by atoms with Crippen molar-refractivity contribution in [3.63, 3.8) is 0 Å². The Bertz CT molecular complexity index is 733. The number of piperidine rings is 1. The number of nitrogens with zero attached hydrogens (tertiary/aromatic N) is 1. The van der Waals surface area contributed by atoms with Gasteiger partial charge in [-0.05, 0) is 57.4 Å². The summed E-state index contributed by atoms with van der Waals surface area (Å²) in [6.45, 7) is 5.34. The molecule has 1 aromatic carbocycles. The molecule has 2 heterocycles. The Kier molecular flexibility index (Phi) is 4.83. The van der Waals surface area contributed by atoms with E-state index in [4.69, 9.17) is 0 Å². The number of anilines is 2. The number of nitrogens with one attached hydrogen (secondary N) is 2. The van der Waals surface area contributed by atoms with Gasteiger partial charge in [-0.15, -0.1) is 0 Å². The van der Waals surface area contributed by atoms with E-state index in [1.54, 1.807) is 6.07 Å². The van der Waals surface area contributed by atoms with Crippen LogP contribution >= 0.6 is 0 Å². The highest BCUT2D eigenvalue weighted by Gasteiger charge is 2.30. The largest absolute Gasteiger partial charge is 0.326 e. The summed E-state index contributed by atoms with van der Waals surface area (Å²) < 4.78 is 25.8. The predicted octanol–water partition coefficient (Wildman–Crippen LogP) is 1.86. The molecule has 0 unspecified atom stereocenters. The molecule has 2 N–H and O–H groups in total. The van der Waals surface area contributed by atoms with E-state index in [9.17, 15) is 13.2 Å². The third-order valence-electron chi connectivity index (χ3n) is 4.84. The molecule has 24 heavy (non-hydrogen) atoms. The summed E-state index contributed by atoms with van der Waals surface area (Å²) in [6, 6.07) is 5.83. The average Bonchev–Trinajstić information content (AvgIpc) is 2.88. The Morgan fingerprint density at radius 2 is 2.17 bits per heavy atom. The fourth-order valence-corrected chi connectivity index (χ4v) is 5.10. The highest BCUT2D eigenvalue weighted by Crippen LogP contribution is 2.30. The van der Waals surface area contributed by atoms with Crippen LogP contribution in [0.15, 0.2) is 18.2 Å². The van der Waals surface area contributed by atoms with E-state index in [1.807, 2.05) is 19.1 Å². The first-order chi connectivity index (χ1) is 11.4. The van der Waals surface area contributed by atoms with Gasteiger partial charge in [0.25, 0.3) is 0 Å². The maximum Gasteiger partial charge on any atom is 0.235 e. The normalized spacial score (nSPS) is 26.3. The second-order valence-corrected chi connectivity index (χ2v) is 8.82. The van der Waals surface area contributed by atoms with Crippen LogP contribution in [0.25, 0.3) is 0 Å². The second-order valence-electron chi connectivity index (χ2n) is 6.81. The topological polar surface area (TPSA) is 78.5 Å². The van der Waals surface area contributed by atoms with Crippen molar-refractivity contribution < 1.29 is 13.2 Å². The van der Waals surface area contributed by atoms with Crippen molar-refractivity contribution in [3.05, 3.63) is 23.8 Å². The molecule has 1 aromatic rings.